The van der Waals surface area contributed by atoms with Gasteiger partial charge in [0.15, 0.2) is 0 Å². The monoisotopic (exact) mass is 418 g/mol. The quantitative estimate of drug-likeness (QED) is 0.563. The third kappa shape index (κ3) is 5.04. The summed E-state index contributed by atoms with van der Waals surface area (Å²) in [4.78, 5) is 27.0. The van der Waals surface area contributed by atoms with Crippen LogP contribution in [-0.4, -0.2) is 11.8 Å². The molecule has 0 saturated carbocycles. The predicted molar refractivity (Wildman–Crippen MR) is 121 cm³/mol. The molecule has 2 aromatic carbocycles. The zero-order valence-electron chi connectivity index (χ0n) is 15.4. The van der Waals surface area contributed by atoms with Crippen molar-refractivity contribution in [3.05, 3.63) is 93.0 Å². The van der Waals surface area contributed by atoms with E-state index in [2.05, 4.69) is 10.6 Å². The molecule has 2 heterocycles. The highest BCUT2D eigenvalue weighted by Gasteiger charge is 2.20. The van der Waals surface area contributed by atoms with Crippen molar-refractivity contribution in [2.75, 3.05) is 5.32 Å². The number of hydrogen-bond donors (Lipinski definition) is 2. The summed E-state index contributed by atoms with van der Waals surface area (Å²) in [6.45, 7) is 0.499. The molecule has 2 N–H and O–H groups in total. The van der Waals surface area contributed by atoms with Crippen LogP contribution in [0.25, 0.3) is 12.2 Å². The zero-order chi connectivity index (χ0) is 20.1. The molecule has 0 atom stereocenters. The minimum atomic E-state index is -0.140. The van der Waals surface area contributed by atoms with E-state index in [0.717, 1.165) is 26.6 Å². The van der Waals surface area contributed by atoms with E-state index in [1.54, 1.807) is 6.08 Å². The number of carbonyl (C=O) groups excluding carboxylic acids is 2. The molecule has 1 aromatic heterocycles. The van der Waals surface area contributed by atoms with Crippen LogP contribution in [0.15, 0.2) is 81.9 Å². The summed E-state index contributed by atoms with van der Waals surface area (Å²) in [5, 5.41) is 7.75. The number of rotatable bonds is 5. The highest BCUT2D eigenvalue weighted by atomic mass is 32.2. The van der Waals surface area contributed by atoms with Gasteiger partial charge in [-0.1, -0.05) is 54.2 Å². The number of benzene rings is 2. The van der Waals surface area contributed by atoms with Crippen LogP contribution in [0.1, 0.15) is 16.0 Å². The van der Waals surface area contributed by atoms with Gasteiger partial charge in [0.1, 0.15) is 0 Å². The minimum Gasteiger partial charge on any atom is -0.348 e. The number of nitrogens with one attached hydrogen (secondary N) is 2. The van der Waals surface area contributed by atoms with E-state index in [1.165, 1.54) is 29.2 Å². The van der Waals surface area contributed by atoms with E-state index in [1.807, 2.05) is 72.1 Å². The van der Waals surface area contributed by atoms with Crippen molar-refractivity contribution in [1.82, 2.24) is 5.32 Å². The standard InChI is InChI=1S/C23H18N2O2S2/c26-22(24-14-16-6-2-1-3-7-16)11-10-17-12-18(28-15-17)13-21-23(27)25-19-8-4-5-9-20(19)29-21/h1-13,15H,14H2,(H,24,26)(H,25,27)/b11-10+,21-13-. The van der Waals surface area contributed by atoms with Gasteiger partial charge >= 0.3 is 0 Å². The maximum absolute atomic E-state index is 12.3. The lowest BCUT2D eigenvalue weighted by Crippen LogP contribution is -2.20. The number of amides is 2. The SMILES string of the molecule is O=C(/C=C/c1csc(/C=C2\Sc3ccccc3NC2=O)c1)NCc1ccccc1. The molecule has 3 aromatic rings. The number of thioether (sulfide) groups is 1. The Morgan fingerprint density at radius 3 is 2.72 bits per heavy atom. The van der Waals surface area contributed by atoms with Crippen LogP contribution < -0.4 is 10.6 Å². The Balaban J connectivity index is 1.38. The van der Waals surface area contributed by atoms with Gasteiger partial charge in [-0.25, -0.2) is 0 Å². The number of fused-ring (bicyclic) bond motifs is 1. The lowest BCUT2D eigenvalue weighted by Gasteiger charge is -2.17. The third-order valence-electron chi connectivity index (χ3n) is 4.23. The molecule has 144 valence electrons. The zero-order valence-corrected chi connectivity index (χ0v) is 17.1. The van der Waals surface area contributed by atoms with Gasteiger partial charge in [-0.3, -0.25) is 9.59 Å². The smallest absolute Gasteiger partial charge is 0.262 e. The average molecular weight is 419 g/mol. The fourth-order valence-corrected chi connectivity index (χ4v) is 4.60. The van der Waals surface area contributed by atoms with Gasteiger partial charge < -0.3 is 10.6 Å². The maximum Gasteiger partial charge on any atom is 0.262 e. The molecule has 1 aliphatic rings. The van der Waals surface area contributed by atoms with E-state index in [4.69, 9.17) is 0 Å². The lowest BCUT2D eigenvalue weighted by atomic mass is 10.2. The van der Waals surface area contributed by atoms with Gasteiger partial charge in [0.05, 0.1) is 10.6 Å². The molecular weight excluding hydrogens is 400 g/mol. The maximum atomic E-state index is 12.3. The second kappa shape index (κ2) is 8.94. The normalized spacial score (nSPS) is 14.6. The van der Waals surface area contributed by atoms with E-state index in [9.17, 15) is 9.59 Å². The molecule has 2 amide bonds. The second-order valence-electron chi connectivity index (χ2n) is 6.38. The third-order valence-corrected chi connectivity index (χ3v) is 6.23. The highest BCUT2D eigenvalue weighted by molar-refractivity contribution is 8.04. The van der Waals surface area contributed by atoms with Crippen molar-refractivity contribution in [2.45, 2.75) is 11.4 Å². The van der Waals surface area contributed by atoms with Crippen LogP contribution in [0.3, 0.4) is 0 Å². The summed E-state index contributed by atoms with van der Waals surface area (Å²) in [6.07, 6.45) is 5.19. The van der Waals surface area contributed by atoms with Crippen molar-refractivity contribution < 1.29 is 9.59 Å². The van der Waals surface area contributed by atoms with Crippen molar-refractivity contribution in [2.24, 2.45) is 0 Å². The van der Waals surface area contributed by atoms with Gasteiger partial charge in [-0.2, -0.15) is 0 Å². The molecule has 0 fully saturated rings. The number of thiophene rings is 1. The summed E-state index contributed by atoms with van der Waals surface area (Å²) < 4.78 is 0. The molecule has 6 heteroatoms. The summed E-state index contributed by atoms with van der Waals surface area (Å²) >= 11 is 3.00. The Morgan fingerprint density at radius 1 is 1.07 bits per heavy atom. The molecule has 1 aliphatic heterocycles. The molecular formula is C23H18N2O2S2. The molecule has 0 spiro atoms. The van der Waals surface area contributed by atoms with Crippen LogP contribution in [0.4, 0.5) is 5.69 Å². The molecule has 29 heavy (non-hydrogen) atoms. The Hall–Kier alpha value is -3.09. The molecule has 0 aliphatic carbocycles. The summed E-state index contributed by atoms with van der Waals surface area (Å²) in [7, 11) is 0. The molecule has 4 nitrogen and oxygen atoms in total. The highest BCUT2D eigenvalue weighted by Crippen LogP contribution is 2.39. The first-order valence-corrected chi connectivity index (χ1v) is 10.8. The van der Waals surface area contributed by atoms with Gasteiger partial charge in [0.25, 0.3) is 5.91 Å². The van der Waals surface area contributed by atoms with Crippen molar-refractivity contribution in [3.8, 4) is 0 Å². The van der Waals surface area contributed by atoms with Crippen molar-refractivity contribution in [1.29, 1.82) is 0 Å². The van der Waals surface area contributed by atoms with Crippen LogP contribution in [0.5, 0.6) is 0 Å². The van der Waals surface area contributed by atoms with E-state index < -0.39 is 0 Å². The second-order valence-corrected chi connectivity index (χ2v) is 8.41. The van der Waals surface area contributed by atoms with Gasteiger partial charge in [0, 0.05) is 22.4 Å². The number of hydrogen-bond acceptors (Lipinski definition) is 4. The number of para-hydroxylation sites is 1. The number of anilines is 1. The van der Waals surface area contributed by atoms with Crippen LogP contribution >= 0.6 is 23.1 Å². The predicted octanol–water partition coefficient (Wildman–Crippen LogP) is 5.16. The molecule has 0 bridgehead atoms. The van der Waals surface area contributed by atoms with Gasteiger partial charge in [-0.15, -0.1) is 11.3 Å². The molecule has 0 unspecified atom stereocenters. The average Bonchev–Trinajstić information content (AvgIpc) is 3.19. The molecule has 0 saturated heterocycles. The van der Waals surface area contributed by atoms with Gasteiger partial charge in [-0.05, 0) is 46.9 Å². The molecule has 0 radical (unpaired) electrons. The van der Waals surface area contributed by atoms with Crippen LogP contribution in [0.2, 0.25) is 0 Å². The topological polar surface area (TPSA) is 58.2 Å². The Labute approximate surface area is 177 Å². The summed E-state index contributed by atoms with van der Waals surface area (Å²) in [5.41, 5.74) is 2.83. The largest absolute Gasteiger partial charge is 0.348 e. The first-order valence-electron chi connectivity index (χ1n) is 9.06. The molecule has 4 rings (SSSR count). The summed E-state index contributed by atoms with van der Waals surface area (Å²) in [5.74, 6) is -0.238. The van der Waals surface area contributed by atoms with E-state index in [-0.39, 0.29) is 11.8 Å². The van der Waals surface area contributed by atoms with E-state index in [0.29, 0.717) is 11.4 Å². The first kappa shape index (κ1) is 19.2. The van der Waals surface area contributed by atoms with Crippen LogP contribution in [-0.2, 0) is 16.1 Å². The summed E-state index contributed by atoms with van der Waals surface area (Å²) in [6, 6.07) is 19.5. The van der Waals surface area contributed by atoms with Gasteiger partial charge in [0.2, 0.25) is 5.91 Å². The van der Waals surface area contributed by atoms with Crippen LogP contribution in [0, 0.1) is 0 Å². The Kier molecular flexibility index (Phi) is 5.93. The van der Waals surface area contributed by atoms with Crippen molar-refractivity contribution in [3.63, 3.8) is 0 Å². The Morgan fingerprint density at radius 2 is 1.86 bits per heavy atom. The fourth-order valence-electron chi connectivity index (χ4n) is 2.78. The minimum absolute atomic E-state index is 0.0977. The van der Waals surface area contributed by atoms with Crippen molar-refractivity contribution >= 4 is 52.8 Å². The Bertz CT molecular complexity index is 1100. The fraction of sp³-hybridized carbons (Fsp3) is 0.0435. The van der Waals surface area contributed by atoms with E-state index >= 15 is 0 Å². The first-order chi connectivity index (χ1) is 14.2. The lowest BCUT2D eigenvalue weighted by molar-refractivity contribution is -0.116. The number of carbonyl (C=O) groups is 2.